The third-order valence-corrected chi connectivity index (χ3v) is 5.96. The molecule has 1 aromatic heterocycles. The van der Waals surface area contributed by atoms with E-state index in [1.165, 1.54) is 11.6 Å². The Kier molecular flexibility index (Phi) is 3.03. The van der Waals surface area contributed by atoms with E-state index < -0.39 is 5.54 Å². The van der Waals surface area contributed by atoms with Gasteiger partial charge in [-0.1, -0.05) is 6.07 Å². The van der Waals surface area contributed by atoms with Crippen LogP contribution in [-0.4, -0.2) is 29.4 Å². The van der Waals surface area contributed by atoms with E-state index >= 15 is 0 Å². The number of hydrogen-bond donors (Lipinski definition) is 1. The Hall–Kier alpha value is -2.82. The van der Waals surface area contributed by atoms with Crippen molar-refractivity contribution < 1.29 is 13.9 Å². The predicted octanol–water partition coefficient (Wildman–Crippen LogP) is 3.52. The average molecular weight is 350 g/mol. The van der Waals surface area contributed by atoms with Crippen LogP contribution in [0.15, 0.2) is 36.4 Å². The van der Waals surface area contributed by atoms with E-state index in [2.05, 4.69) is 4.98 Å². The van der Waals surface area contributed by atoms with Crippen LogP contribution in [0.4, 0.5) is 4.39 Å². The van der Waals surface area contributed by atoms with E-state index in [9.17, 15) is 9.18 Å². The van der Waals surface area contributed by atoms with Gasteiger partial charge >= 0.3 is 0 Å². The van der Waals surface area contributed by atoms with Gasteiger partial charge in [-0.2, -0.15) is 0 Å². The van der Waals surface area contributed by atoms with E-state index in [1.807, 2.05) is 30.0 Å². The standard InChI is InChI=1S/C21H19FN2O2/c1-21-17-10-13(22)4-3-12(17)9-19(25)24(21)8-7-15-16-11-14(26-2)5-6-18(16)23-20(15)21/h3-6,10-11,23H,7-9H2,1-2H3. The van der Waals surface area contributed by atoms with Crippen LogP contribution in [0, 0.1) is 5.82 Å². The first kappa shape index (κ1) is 15.4. The Morgan fingerprint density at radius 2 is 2.08 bits per heavy atom. The molecule has 1 N–H and O–H groups in total. The molecule has 4 nitrogen and oxygen atoms in total. The first-order valence-electron chi connectivity index (χ1n) is 8.81. The Balaban J connectivity index is 1.82. The second-order valence-electron chi connectivity index (χ2n) is 7.24. The zero-order chi connectivity index (χ0) is 18.1. The minimum Gasteiger partial charge on any atom is -0.497 e. The number of carbonyl (C=O) groups excluding carboxylic acids is 1. The Labute approximate surface area is 150 Å². The van der Waals surface area contributed by atoms with Crippen molar-refractivity contribution in [2.75, 3.05) is 13.7 Å². The second-order valence-corrected chi connectivity index (χ2v) is 7.24. The van der Waals surface area contributed by atoms with E-state index in [0.717, 1.165) is 39.9 Å². The molecule has 132 valence electrons. The van der Waals surface area contributed by atoms with Gasteiger partial charge in [0.2, 0.25) is 5.91 Å². The largest absolute Gasteiger partial charge is 0.497 e. The molecule has 0 fully saturated rings. The van der Waals surface area contributed by atoms with Crippen molar-refractivity contribution in [2.45, 2.75) is 25.3 Å². The third-order valence-electron chi connectivity index (χ3n) is 5.96. The van der Waals surface area contributed by atoms with Gasteiger partial charge in [-0.25, -0.2) is 4.39 Å². The first-order chi connectivity index (χ1) is 12.5. The number of H-pyrrole nitrogens is 1. The number of amides is 1. The van der Waals surface area contributed by atoms with E-state index in [0.29, 0.717) is 13.0 Å². The van der Waals surface area contributed by atoms with Gasteiger partial charge in [-0.15, -0.1) is 0 Å². The number of ether oxygens (including phenoxy) is 1. The van der Waals surface area contributed by atoms with Crippen LogP contribution in [0.3, 0.4) is 0 Å². The fraction of sp³-hybridized carbons (Fsp3) is 0.286. The number of aromatic nitrogens is 1. The number of aromatic amines is 1. The van der Waals surface area contributed by atoms with Gasteiger partial charge in [-0.05, 0) is 60.4 Å². The predicted molar refractivity (Wildman–Crippen MR) is 96.8 cm³/mol. The maximum absolute atomic E-state index is 14.1. The summed E-state index contributed by atoms with van der Waals surface area (Å²) >= 11 is 0. The highest BCUT2D eigenvalue weighted by Gasteiger charge is 2.48. The van der Waals surface area contributed by atoms with Crippen LogP contribution >= 0.6 is 0 Å². The zero-order valence-corrected chi connectivity index (χ0v) is 14.7. The maximum Gasteiger partial charge on any atom is 0.228 e. The number of carbonyl (C=O) groups is 1. The summed E-state index contributed by atoms with van der Waals surface area (Å²) in [6.45, 7) is 2.65. The summed E-state index contributed by atoms with van der Waals surface area (Å²) in [4.78, 5) is 18.2. The minimum absolute atomic E-state index is 0.0912. The summed E-state index contributed by atoms with van der Waals surface area (Å²) in [5.41, 5.74) is 4.26. The second kappa shape index (κ2) is 5.10. The fourth-order valence-electron chi connectivity index (χ4n) is 4.68. The number of nitrogens with one attached hydrogen (secondary N) is 1. The molecule has 1 atom stereocenters. The molecule has 1 unspecified atom stereocenters. The molecule has 2 aromatic carbocycles. The minimum atomic E-state index is -0.688. The van der Waals surface area contributed by atoms with Crippen molar-refractivity contribution in [3.05, 3.63) is 64.6 Å². The molecule has 0 radical (unpaired) electrons. The lowest BCUT2D eigenvalue weighted by atomic mass is 9.75. The number of rotatable bonds is 1. The summed E-state index contributed by atoms with van der Waals surface area (Å²) < 4.78 is 19.4. The molecule has 0 saturated heterocycles. The monoisotopic (exact) mass is 350 g/mol. The molecular weight excluding hydrogens is 331 g/mol. The molecule has 0 saturated carbocycles. The summed E-state index contributed by atoms with van der Waals surface area (Å²) in [5.74, 6) is 0.621. The molecule has 5 rings (SSSR count). The van der Waals surface area contributed by atoms with Crippen LogP contribution in [0.5, 0.6) is 5.75 Å². The van der Waals surface area contributed by atoms with Gasteiger partial charge in [-0.3, -0.25) is 4.79 Å². The van der Waals surface area contributed by atoms with Crippen molar-refractivity contribution in [2.24, 2.45) is 0 Å². The van der Waals surface area contributed by atoms with Crippen molar-refractivity contribution in [1.29, 1.82) is 0 Å². The highest BCUT2D eigenvalue weighted by molar-refractivity contribution is 5.90. The fourth-order valence-corrected chi connectivity index (χ4v) is 4.68. The first-order valence-corrected chi connectivity index (χ1v) is 8.81. The van der Waals surface area contributed by atoms with Crippen molar-refractivity contribution in [1.82, 2.24) is 9.88 Å². The summed E-state index contributed by atoms with van der Waals surface area (Å²) in [7, 11) is 1.65. The van der Waals surface area contributed by atoms with Crippen LogP contribution in [0.1, 0.15) is 29.3 Å². The molecular formula is C21H19FN2O2. The number of nitrogens with zero attached hydrogens (tertiary/aromatic N) is 1. The van der Waals surface area contributed by atoms with Gasteiger partial charge in [0.05, 0.1) is 13.5 Å². The SMILES string of the molecule is COc1ccc2[nH]c3c(c2c1)CCN1C(=O)Cc2ccc(F)cc2C31C. The molecule has 0 spiro atoms. The smallest absolute Gasteiger partial charge is 0.228 e. The van der Waals surface area contributed by atoms with Crippen LogP contribution in [-0.2, 0) is 23.2 Å². The van der Waals surface area contributed by atoms with Gasteiger partial charge in [0.15, 0.2) is 0 Å². The summed E-state index contributed by atoms with van der Waals surface area (Å²) in [6, 6.07) is 10.7. The van der Waals surface area contributed by atoms with Crippen LogP contribution < -0.4 is 4.74 Å². The molecule has 5 heteroatoms. The number of halogens is 1. The van der Waals surface area contributed by atoms with Crippen molar-refractivity contribution in [3.8, 4) is 5.75 Å². The molecule has 0 aliphatic carbocycles. The Bertz CT molecular complexity index is 1070. The molecule has 3 aromatic rings. The topological polar surface area (TPSA) is 45.3 Å². The summed E-state index contributed by atoms with van der Waals surface area (Å²) in [5, 5.41) is 1.11. The maximum atomic E-state index is 14.1. The zero-order valence-electron chi connectivity index (χ0n) is 14.7. The lowest BCUT2D eigenvalue weighted by Gasteiger charge is -2.48. The van der Waals surface area contributed by atoms with E-state index in [1.54, 1.807) is 19.2 Å². The van der Waals surface area contributed by atoms with Crippen molar-refractivity contribution in [3.63, 3.8) is 0 Å². The molecule has 2 aliphatic heterocycles. The molecule has 0 bridgehead atoms. The normalized spacial score (nSPS) is 21.3. The van der Waals surface area contributed by atoms with Gasteiger partial charge < -0.3 is 14.6 Å². The molecule has 2 aliphatic rings. The quantitative estimate of drug-likeness (QED) is 0.730. The van der Waals surface area contributed by atoms with Crippen LogP contribution in [0.25, 0.3) is 10.9 Å². The third kappa shape index (κ3) is 1.86. The highest BCUT2D eigenvalue weighted by Crippen LogP contribution is 2.47. The lowest BCUT2D eigenvalue weighted by molar-refractivity contribution is -0.137. The Morgan fingerprint density at radius 3 is 2.88 bits per heavy atom. The number of methoxy groups -OCH3 is 1. The molecule has 3 heterocycles. The van der Waals surface area contributed by atoms with Gasteiger partial charge in [0.1, 0.15) is 17.1 Å². The van der Waals surface area contributed by atoms with E-state index in [-0.39, 0.29) is 11.7 Å². The number of fused-ring (bicyclic) bond motifs is 7. The Morgan fingerprint density at radius 1 is 1.23 bits per heavy atom. The number of benzene rings is 2. The summed E-state index contributed by atoms with van der Waals surface area (Å²) in [6.07, 6.45) is 1.10. The molecule has 1 amide bonds. The van der Waals surface area contributed by atoms with Crippen molar-refractivity contribution >= 4 is 16.8 Å². The van der Waals surface area contributed by atoms with E-state index in [4.69, 9.17) is 4.74 Å². The van der Waals surface area contributed by atoms with Gasteiger partial charge in [0.25, 0.3) is 0 Å². The lowest BCUT2D eigenvalue weighted by Crippen LogP contribution is -2.56. The van der Waals surface area contributed by atoms with Gasteiger partial charge in [0, 0.05) is 23.1 Å². The average Bonchev–Trinajstić information content (AvgIpc) is 3.01. The molecule has 26 heavy (non-hydrogen) atoms. The highest BCUT2D eigenvalue weighted by atomic mass is 19.1. The number of hydrogen-bond acceptors (Lipinski definition) is 2. The van der Waals surface area contributed by atoms with Crippen LogP contribution in [0.2, 0.25) is 0 Å².